The first-order chi connectivity index (χ1) is 19.4. The van der Waals surface area contributed by atoms with Crippen LogP contribution in [0.5, 0.6) is 5.75 Å². The maximum absolute atomic E-state index is 13.0. The second-order valence-electron chi connectivity index (χ2n) is 9.30. The van der Waals surface area contributed by atoms with Crippen molar-refractivity contribution in [3.05, 3.63) is 55.0 Å². The van der Waals surface area contributed by atoms with Crippen LogP contribution in [-0.4, -0.2) is 69.9 Å². The number of anilines is 2. The molecule has 1 aliphatic rings. The summed E-state index contributed by atoms with van der Waals surface area (Å²) >= 11 is 0. The number of carboxylic acid groups (broad SMARTS) is 2. The fourth-order valence-corrected chi connectivity index (χ4v) is 4.23. The molecule has 1 aliphatic heterocycles. The van der Waals surface area contributed by atoms with E-state index in [4.69, 9.17) is 25.5 Å². The number of aliphatic carboxylic acids is 2. The molecule has 2 aromatic heterocycles. The van der Waals surface area contributed by atoms with Gasteiger partial charge in [0.05, 0.1) is 6.04 Å². The van der Waals surface area contributed by atoms with E-state index in [1.807, 2.05) is 36.4 Å². The summed E-state index contributed by atoms with van der Waals surface area (Å²) in [6.07, 6.45) is 1.80. The lowest BCUT2D eigenvalue weighted by atomic mass is 9.95. The lowest BCUT2D eigenvalue weighted by molar-refractivity contribution is -0.192. The Morgan fingerprint density at radius 2 is 1.73 bits per heavy atom. The predicted octanol–water partition coefficient (Wildman–Crippen LogP) is 3.49. The van der Waals surface area contributed by atoms with E-state index in [0.717, 1.165) is 42.4 Å². The molecule has 5 N–H and O–H groups in total. The van der Waals surface area contributed by atoms with Crippen molar-refractivity contribution >= 4 is 40.1 Å². The number of benzene rings is 1. The van der Waals surface area contributed by atoms with Crippen molar-refractivity contribution < 1.29 is 42.5 Å². The molecule has 1 aromatic carbocycles. The number of carboxylic acids is 2. The molecule has 0 spiro atoms. The molecule has 41 heavy (non-hydrogen) atoms. The number of nitrogens with zero attached hydrogens (tertiary/aromatic N) is 3. The second-order valence-corrected chi connectivity index (χ2v) is 9.30. The number of carbonyl (C=O) groups is 3. The molecule has 0 radical (unpaired) electrons. The third-order valence-electron chi connectivity index (χ3n) is 6.41. The topological polar surface area (TPSA) is 168 Å². The summed E-state index contributed by atoms with van der Waals surface area (Å²) in [5.74, 6) is -2.83. The number of nitrogen functional groups attached to an aromatic ring is 1. The maximum atomic E-state index is 13.0. The molecule has 0 bridgehead atoms. The molecule has 3 heterocycles. The minimum absolute atomic E-state index is 0.0522. The maximum Gasteiger partial charge on any atom is 0.490 e. The van der Waals surface area contributed by atoms with Gasteiger partial charge >= 0.3 is 18.1 Å². The van der Waals surface area contributed by atoms with Crippen LogP contribution in [-0.2, 0) is 14.4 Å². The molecule has 0 unspecified atom stereocenters. The van der Waals surface area contributed by atoms with Gasteiger partial charge in [0.2, 0.25) is 5.91 Å². The molecule has 220 valence electrons. The second kappa shape index (κ2) is 14.1. The van der Waals surface area contributed by atoms with Crippen molar-refractivity contribution in [1.29, 1.82) is 0 Å². The monoisotopic (exact) mass is 577 g/mol. The Kier molecular flexibility index (Phi) is 10.7. The normalized spacial score (nSPS) is 14.5. The van der Waals surface area contributed by atoms with E-state index in [2.05, 4.69) is 20.2 Å². The number of piperidine rings is 1. The van der Waals surface area contributed by atoms with Gasteiger partial charge in [-0.1, -0.05) is 6.07 Å². The minimum atomic E-state index is -5.08. The van der Waals surface area contributed by atoms with E-state index in [-0.39, 0.29) is 31.3 Å². The van der Waals surface area contributed by atoms with Gasteiger partial charge in [0.25, 0.3) is 0 Å². The highest BCUT2D eigenvalue weighted by Gasteiger charge is 2.38. The lowest BCUT2D eigenvalue weighted by Gasteiger charge is -2.33. The van der Waals surface area contributed by atoms with Crippen molar-refractivity contribution in [1.82, 2.24) is 15.3 Å². The van der Waals surface area contributed by atoms with Crippen molar-refractivity contribution in [3.8, 4) is 5.75 Å². The van der Waals surface area contributed by atoms with E-state index in [1.165, 1.54) is 0 Å². The van der Waals surface area contributed by atoms with E-state index in [9.17, 15) is 22.8 Å². The van der Waals surface area contributed by atoms with Crippen LogP contribution < -0.4 is 20.7 Å². The largest absolute Gasteiger partial charge is 0.491 e. The van der Waals surface area contributed by atoms with E-state index < -0.39 is 24.2 Å². The highest BCUT2D eigenvalue weighted by molar-refractivity contribution is 5.91. The van der Waals surface area contributed by atoms with Crippen molar-refractivity contribution in [2.45, 2.75) is 37.9 Å². The predicted molar refractivity (Wildman–Crippen MR) is 143 cm³/mol. The van der Waals surface area contributed by atoms with Crippen LogP contribution in [0.3, 0.4) is 0 Å². The Hall–Kier alpha value is -4.62. The molecule has 0 aliphatic carbocycles. The number of ether oxygens (including phenoxy) is 1. The highest BCUT2D eigenvalue weighted by atomic mass is 19.4. The highest BCUT2D eigenvalue weighted by Crippen LogP contribution is 2.25. The molecule has 1 amide bonds. The fourth-order valence-electron chi connectivity index (χ4n) is 4.23. The number of aromatic nitrogens is 2. The summed E-state index contributed by atoms with van der Waals surface area (Å²) < 4.78 is 37.7. The van der Waals surface area contributed by atoms with E-state index in [0.29, 0.717) is 11.6 Å². The van der Waals surface area contributed by atoms with Crippen LogP contribution in [0, 0.1) is 5.92 Å². The summed E-state index contributed by atoms with van der Waals surface area (Å²) in [5, 5.41) is 21.0. The van der Waals surface area contributed by atoms with Gasteiger partial charge in [-0.3, -0.25) is 14.6 Å². The molecule has 4 rings (SSSR count). The Balaban J connectivity index is 0.000000587. The number of carbonyl (C=O) groups excluding carboxylic acids is 1. The Bertz CT molecular complexity index is 1330. The number of nitrogens with one attached hydrogen (secondary N) is 1. The first-order valence-electron chi connectivity index (χ1n) is 12.7. The molecule has 14 heteroatoms. The Morgan fingerprint density at radius 1 is 1.07 bits per heavy atom. The SMILES string of the molecule is Nc1nccc2ccc(OC[C@@H](CCC(=O)O)NC(=O)C3CCN(c4ccncc4)CC3)cc12.O=C(O)C(F)(F)F. The van der Waals surface area contributed by atoms with Crippen molar-refractivity contribution in [2.75, 3.05) is 30.3 Å². The molecular weight excluding hydrogens is 547 g/mol. The number of pyridine rings is 2. The van der Waals surface area contributed by atoms with Crippen LogP contribution in [0.2, 0.25) is 0 Å². The summed E-state index contributed by atoms with van der Waals surface area (Å²) in [7, 11) is 0. The first kappa shape index (κ1) is 30.9. The first-order valence-corrected chi connectivity index (χ1v) is 12.7. The molecule has 1 fully saturated rings. The van der Waals surface area contributed by atoms with Gasteiger partial charge < -0.3 is 30.9 Å². The van der Waals surface area contributed by atoms with Crippen LogP contribution >= 0.6 is 0 Å². The van der Waals surface area contributed by atoms with Crippen LogP contribution in [0.1, 0.15) is 25.7 Å². The quantitative estimate of drug-likeness (QED) is 0.295. The van der Waals surface area contributed by atoms with Crippen molar-refractivity contribution in [3.63, 3.8) is 0 Å². The molecule has 0 saturated carbocycles. The van der Waals surface area contributed by atoms with Gasteiger partial charge in [0, 0.05) is 55.1 Å². The Morgan fingerprint density at radius 3 is 2.34 bits per heavy atom. The van der Waals surface area contributed by atoms with Crippen LogP contribution in [0.15, 0.2) is 55.0 Å². The fraction of sp³-hybridized carbons (Fsp3) is 0.370. The molecule has 11 nitrogen and oxygen atoms in total. The van der Waals surface area contributed by atoms with E-state index >= 15 is 0 Å². The average Bonchev–Trinajstić information content (AvgIpc) is 2.95. The van der Waals surface area contributed by atoms with Gasteiger partial charge in [-0.15, -0.1) is 0 Å². The van der Waals surface area contributed by atoms with Gasteiger partial charge in [0.1, 0.15) is 18.2 Å². The third-order valence-corrected chi connectivity index (χ3v) is 6.41. The van der Waals surface area contributed by atoms with Gasteiger partial charge in [-0.2, -0.15) is 13.2 Å². The molecule has 1 atom stereocenters. The number of hydrogen-bond acceptors (Lipinski definition) is 8. The van der Waals surface area contributed by atoms with Crippen molar-refractivity contribution in [2.24, 2.45) is 5.92 Å². The summed E-state index contributed by atoms with van der Waals surface area (Å²) in [5.41, 5.74) is 7.07. The summed E-state index contributed by atoms with van der Waals surface area (Å²) in [4.78, 5) is 43.4. The van der Waals surface area contributed by atoms with Crippen LogP contribution in [0.4, 0.5) is 24.7 Å². The standard InChI is InChI=1S/C25H29N5O4.C2HF3O2/c26-24-22-15-21(3-1-17(22)5-12-28-24)34-16-19(2-4-23(31)32)29-25(33)18-8-13-30(14-9-18)20-6-10-27-11-7-20;3-2(4,5)1(6)7/h1,3,5-7,10-12,15,18-19H,2,4,8-9,13-14,16H2,(H2,26,28)(H,29,33)(H,31,32);(H,6,7)/t19-;/m1./s1. The number of rotatable bonds is 9. The number of halogens is 3. The van der Waals surface area contributed by atoms with Crippen LogP contribution in [0.25, 0.3) is 10.8 Å². The minimum Gasteiger partial charge on any atom is -0.491 e. The van der Waals surface area contributed by atoms with Gasteiger partial charge in [0.15, 0.2) is 0 Å². The smallest absolute Gasteiger partial charge is 0.490 e. The molecule has 1 saturated heterocycles. The number of nitrogens with two attached hydrogens (primary N) is 1. The zero-order valence-electron chi connectivity index (χ0n) is 21.9. The number of fused-ring (bicyclic) bond motifs is 1. The molecule has 3 aromatic rings. The summed E-state index contributed by atoms with van der Waals surface area (Å²) in [6.45, 7) is 1.73. The zero-order chi connectivity index (χ0) is 30.0. The molecular formula is C27H30F3N5O6. The van der Waals surface area contributed by atoms with Gasteiger partial charge in [-0.25, -0.2) is 9.78 Å². The third kappa shape index (κ3) is 9.51. The number of hydrogen-bond donors (Lipinski definition) is 4. The Labute approximate surface area is 233 Å². The summed E-state index contributed by atoms with van der Waals surface area (Å²) in [6, 6.07) is 10.9. The number of amides is 1. The zero-order valence-corrected chi connectivity index (χ0v) is 21.9. The lowest BCUT2D eigenvalue weighted by Crippen LogP contribution is -2.46. The van der Waals surface area contributed by atoms with Gasteiger partial charge in [-0.05, 0) is 55.0 Å². The van der Waals surface area contributed by atoms with E-state index in [1.54, 1.807) is 18.6 Å². The average molecular weight is 578 g/mol. The number of alkyl halides is 3.